The molecule has 5 heteroatoms. The van der Waals surface area contributed by atoms with E-state index in [1.807, 2.05) is 6.26 Å². The first-order chi connectivity index (χ1) is 11.1. The van der Waals surface area contributed by atoms with Crippen molar-refractivity contribution in [2.75, 3.05) is 31.6 Å². The topological polar surface area (TPSA) is 58.4 Å². The summed E-state index contributed by atoms with van der Waals surface area (Å²) in [7, 11) is 0. The second-order valence-electron chi connectivity index (χ2n) is 6.30. The van der Waals surface area contributed by atoms with Gasteiger partial charge in [0.2, 0.25) is 5.91 Å². The van der Waals surface area contributed by atoms with Crippen LogP contribution < -0.4 is 11.1 Å². The van der Waals surface area contributed by atoms with E-state index in [-0.39, 0.29) is 11.9 Å². The van der Waals surface area contributed by atoms with Gasteiger partial charge in [-0.2, -0.15) is 11.8 Å². The van der Waals surface area contributed by atoms with Crippen LogP contribution in [0.15, 0.2) is 24.3 Å². The largest absolute Gasteiger partial charge is 0.353 e. The Labute approximate surface area is 144 Å². The van der Waals surface area contributed by atoms with Crippen LogP contribution in [0.3, 0.4) is 0 Å². The molecule has 1 amide bonds. The Balaban J connectivity index is 1.97. The molecule has 1 aliphatic heterocycles. The molecule has 1 aromatic carbocycles. The summed E-state index contributed by atoms with van der Waals surface area (Å²) in [4.78, 5) is 14.7. The van der Waals surface area contributed by atoms with Crippen LogP contribution >= 0.6 is 11.8 Å². The van der Waals surface area contributed by atoms with Crippen molar-refractivity contribution in [1.82, 2.24) is 10.2 Å². The van der Waals surface area contributed by atoms with Crippen molar-refractivity contribution in [3.63, 3.8) is 0 Å². The fraction of sp³-hybridized carbons (Fsp3) is 0.611. The van der Waals surface area contributed by atoms with E-state index in [1.165, 1.54) is 24.0 Å². The Bertz CT molecular complexity index is 486. The summed E-state index contributed by atoms with van der Waals surface area (Å²) in [6.45, 7) is 4.94. The maximum absolute atomic E-state index is 12.2. The molecule has 128 valence electrons. The average Bonchev–Trinajstić information content (AvgIpc) is 3.08. The lowest BCUT2D eigenvalue weighted by molar-refractivity contribution is -0.122. The van der Waals surface area contributed by atoms with Crippen molar-refractivity contribution in [3.8, 4) is 0 Å². The van der Waals surface area contributed by atoms with E-state index in [1.54, 1.807) is 11.8 Å². The summed E-state index contributed by atoms with van der Waals surface area (Å²) in [5.41, 5.74) is 8.50. The number of rotatable bonds is 8. The smallest absolute Gasteiger partial charge is 0.237 e. The molecule has 4 nitrogen and oxygen atoms in total. The number of carbonyl (C=O) groups is 1. The van der Waals surface area contributed by atoms with Gasteiger partial charge in [0, 0.05) is 6.54 Å². The van der Waals surface area contributed by atoms with Crippen molar-refractivity contribution in [1.29, 1.82) is 0 Å². The van der Waals surface area contributed by atoms with Gasteiger partial charge in [-0.05, 0) is 56.8 Å². The lowest BCUT2D eigenvalue weighted by Gasteiger charge is -2.28. The number of amides is 1. The number of likely N-dealkylation sites (tertiary alicyclic amines) is 1. The Hall–Kier alpha value is -1.04. The van der Waals surface area contributed by atoms with E-state index in [0.29, 0.717) is 6.54 Å². The average molecular weight is 336 g/mol. The van der Waals surface area contributed by atoms with Crippen molar-refractivity contribution in [2.24, 2.45) is 5.73 Å². The Kier molecular flexibility index (Phi) is 7.40. The van der Waals surface area contributed by atoms with Crippen LogP contribution in [0.25, 0.3) is 0 Å². The van der Waals surface area contributed by atoms with E-state index >= 15 is 0 Å². The summed E-state index contributed by atoms with van der Waals surface area (Å²) < 4.78 is 0. The van der Waals surface area contributed by atoms with Gasteiger partial charge in [0.05, 0.1) is 12.1 Å². The molecule has 2 atom stereocenters. The van der Waals surface area contributed by atoms with Crippen LogP contribution in [0.4, 0.5) is 0 Å². The van der Waals surface area contributed by atoms with Gasteiger partial charge < -0.3 is 11.1 Å². The highest BCUT2D eigenvalue weighted by Gasteiger charge is 2.24. The van der Waals surface area contributed by atoms with Crippen molar-refractivity contribution >= 4 is 17.7 Å². The van der Waals surface area contributed by atoms with E-state index in [2.05, 4.69) is 41.4 Å². The lowest BCUT2D eigenvalue weighted by Crippen LogP contribution is -2.44. The summed E-state index contributed by atoms with van der Waals surface area (Å²) in [6, 6.07) is 8.49. The number of carbonyl (C=O) groups excluding carboxylic acids is 1. The third kappa shape index (κ3) is 5.52. The molecule has 0 spiro atoms. The number of benzene rings is 1. The standard InChI is InChI=1S/C18H29N3OS/c1-14-5-7-15(8-6-14)17(21-10-3-4-11-21)13-20-18(22)16(19)9-12-23-2/h5-8,16-17H,3-4,9-13,19H2,1-2H3,(H,20,22)/t16-,17?/m0/s1. The van der Waals surface area contributed by atoms with E-state index in [4.69, 9.17) is 5.73 Å². The van der Waals surface area contributed by atoms with Gasteiger partial charge in [-0.25, -0.2) is 0 Å². The van der Waals surface area contributed by atoms with E-state index in [9.17, 15) is 4.79 Å². The van der Waals surface area contributed by atoms with Crippen LogP contribution in [-0.2, 0) is 4.79 Å². The zero-order valence-electron chi connectivity index (χ0n) is 14.3. The molecule has 2 rings (SSSR count). The fourth-order valence-electron chi connectivity index (χ4n) is 3.00. The molecule has 1 saturated heterocycles. The van der Waals surface area contributed by atoms with Crippen molar-refractivity contribution in [3.05, 3.63) is 35.4 Å². The third-order valence-electron chi connectivity index (χ3n) is 4.48. The van der Waals surface area contributed by atoms with Gasteiger partial charge in [0.1, 0.15) is 0 Å². The van der Waals surface area contributed by atoms with Gasteiger partial charge in [0.15, 0.2) is 0 Å². The molecule has 1 fully saturated rings. The van der Waals surface area contributed by atoms with Gasteiger partial charge in [-0.15, -0.1) is 0 Å². The highest BCUT2D eigenvalue weighted by Crippen LogP contribution is 2.24. The highest BCUT2D eigenvalue weighted by atomic mass is 32.2. The van der Waals surface area contributed by atoms with Gasteiger partial charge in [-0.3, -0.25) is 9.69 Å². The first-order valence-electron chi connectivity index (χ1n) is 8.44. The highest BCUT2D eigenvalue weighted by molar-refractivity contribution is 7.98. The Morgan fingerprint density at radius 1 is 1.30 bits per heavy atom. The molecule has 1 aliphatic rings. The molecular weight excluding hydrogens is 306 g/mol. The molecule has 1 unspecified atom stereocenters. The maximum atomic E-state index is 12.2. The molecule has 0 aromatic heterocycles. The van der Waals surface area contributed by atoms with Crippen LogP contribution in [-0.4, -0.2) is 48.5 Å². The summed E-state index contributed by atoms with van der Waals surface area (Å²) in [5, 5.41) is 3.07. The van der Waals surface area contributed by atoms with Gasteiger partial charge >= 0.3 is 0 Å². The first kappa shape index (κ1) is 18.3. The minimum absolute atomic E-state index is 0.0321. The fourth-order valence-corrected chi connectivity index (χ4v) is 3.49. The van der Waals surface area contributed by atoms with Gasteiger partial charge in [0.25, 0.3) is 0 Å². The SMILES string of the molecule is CSCC[C@H](N)C(=O)NCC(c1ccc(C)cc1)N1CCCC1. The zero-order valence-corrected chi connectivity index (χ0v) is 15.1. The molecule has 0 radical (unpaired) electrons. The number of hydrogen-bond donors (Lipinski definition) is 2. The predicted molar refractivity (Wildman–Crippen MR) is 98.7 cm³/mol. The predicted octanol–water partition coefficient (Wildman–Crippen LogP) is 2.33. The van der Waals surface area contributed by atoms with E-state index < -0.39 is 6.04 Å². The normalized spacial score (nSPS) is 17.9. The number of hydrogen-bond acceptors (Lipinski definition) is 4. The molecular formula is C18H29N3OS. The Morgan fingerprint density at radius 3 is 2.57 bits per heavy atom. The van der Waals surface area contributed by atoms with Crippen LogP contribution in [0.2, 0.25) is 0 Å². The number of nitrogens with zero attached hydrogens (tertiary/aromatic N) is 1. The minimum Gasteiger partial charge on any atom is -0.353 e. The quantitative estimate of drug-likeness (QED) is 0.765. The minimum atomic E-state index is -0.403. The second-order valence-corrected chi connectivity index (χ2v) is 7.29. The monoisotopic (exact) mass is 335 g/mol. The van der Waals surface area contributed by atoms with Crippen molar-refractivity contribution in [2.45, 2.75) is 38.3 Å². The van der Waals surface area contributed by atoms with Crippen LogP contribution in [0.1, 0.15) is 36.4 Å². The molecule has 23 heavy (non-hydrogen) atoms. The van der Waals surface area contributed by atoms with Crippen LogP contribution in [0, 0.1) is 6.92 Å². The number of nitrogens with one attached hydrogen (secondary N) is 1. The van der Waals surface area contributed by atoms with Crippen LogP contribution in [0.5, 0.6) is 0 Å². The number of thioether (sulfide) groups is 1. The lowest BCUT2D eigenvalue weighted by atomic mass is 10.0. The zero-order chi connectivity index (χ0) is 16.7. The second kappa shape index (κ2) is 9.30. The molecule has 0 saturated carbocycles. The maximum Gasteiger partial charge on any atom is 0.237 e. The summed E-state index contributed by atoms with van der Waals surface area (Å²) in [5.74, 6) is 0.887. The molecule has 0 bridgehead atoms. The number of aryl methyl sites for hydroxylation is 1. The molecule has 0 aliphatic carbocycles. The van der Waals surface area contributed by atoms with E-state index in [0.717, 1.165) is 25.3 Å². The molecule has 3 N–H and O–H groups in total. The summed E-state index contributed by atoms with van der Waals surface area (Å²) in [6.07, 6.45) is 5.24. The van der Waals surface area contributed by atoms with Crippen molar-refractivity contribution < 1.29 is 4.79 Å². The third-order valence-corrected chi connectivity index (χ3v) is 5.13. The molecule has 1 heterocycles. The Morgan fingerprint density at radius 2 is 1.96 bits per heavy atom. The van der Waals surface area contributed by atoms with Gasteiger partial charge in [-0.1, -0.05) is 29.8 Å². The summed E-state index contributed by atoms with van der Waals surface area (Å²) >= 11 is 1.72. The first-order valence-corrected chi connectivity index (χ1v) is 9.84. The number of nitrogens with two attached hydrogens (primary N) is 1. The molecule has 1 aromatic rings.